The molecule has 8 nitrogen and oxygen atoms in total. The van der Waals surface area contributed by atoms with Crippen LogP contribution in [0.3, 0.4) is 0 Å². The van der Waals surface area contributed by atoms with Crippen molar-refractivity contribution in [2.75, 3.05) is 23.1 Å². The fourth-order valence-corrected chi connectivity index (χ4v) is 5.52. The van der Waals surface area contributed by atoms with Crippen LogP contribution in [0.1, 0.15) is 18.4 Å². The van der Waals surface area contributed by atoms with Gasteiger partial charge in [-0.25, -0.2) is 8.42 Å². The Hall–Kier alpha value is -3.03. The van der Waals surface area contributed by atoms with Gasteiger partial charge < -0.3 is 10.2 Å². The van der Waals surface area contributed by atoms with E-state index in [2.05, 4.69) is 10.0 Å². The third-order valence-electron chi connectivity index (χ3n) is 4.89. The number of hydrogen-bond acceptors (Lipinski definition) is 6. The van der Waals surface area contributed by atoms with Crippen LogP contribution in [0.5, 0.6) is 0 Å². The van der Waals surface area contributed by atoms with Crippen molar-refractivity contribution >= 4 is 45.0 Å². The van der Waals surface area contributed by atoms with Gasteiger partial charge in [-0.05, 0) is 49.2 Å². The molecule has 2 heterocycles. The molecule has 0 saturated carbocycles. The monoisotopic (exact) mass is 442 g/mol. The number of fused-ring (bicyclic) bond motifs is 1. The average molecular weight is 443 g/mol. The van der Waals surface area contributed by atoms with Crippen molar-refractivity contribution in [1.82, 2.24) is 4.90 Å². The Morgan fingerprint density at radius 3 is 2.70 bits per heavy atom. The highest BCUT2D eigenvalue weighted by Gasteiger charge is 2.37. The van der Waals surface area contributed by atoms with Crippen LogP contribution in [0.2, 0.25) is 0 Å². The van der Waals surface area contributed by atoms with Crippen molar-refractivity contribution in [3.8, 4) is 6.07 Å². The molecule has 1 fully saturated rings. The number of likely N-dealkylation sites (tertiary alicyclic amines) is 1. The van der Waals surface area contributed by atoms with Gasteiger partial charge in [0.25, 0.3) is 10.0 Å². The van der Waals surface area contributed by atoms with Gasteiger partial charge >= 0.3 is 0 Å². The summed E-state index contributed by atoms with van der Waals surface area (Å²) >= 11 is 1.13. The fourth-order valence-electron chi connectivity index (χ4n) is 3.39. The van der Waals surface area contributed by atoms with Crippen LogP contribution >= 0.6 is 11.8 Å². The molecule has 2 aromatic rings. The second-order valence-electron chi connectivity index (χ2n) is 6.98. The number of sulfonamides is 1. The Morgan fingerprint density at radius 2 is 1.97 bits per heavy atom. The molecule has 2 aliphatic rings. The van der Waals surface area contributed by atoms with E-state index in [1.807, 2.05) is 6.07 Å². The zero-order valence-corrected chi connectivity index (χ0v) is 17.4. The van der Waals surface area contributed by atoms with E-state index in [1.165, 1.54) is 18.2 Å². The number of nitrogens with zero attached hydrogens (tertiary/aromatic N) is 2. The third kappa shape index (κ3) is 3.99. The Balaban J connectivity index is 1.55. The summed E-state index contributed by atoms with van der Waals surface area (Å²) in [5.41, 5.74) is 0.948. The van der Waals surface area contributed by atoms with Crippen LogP contribution in [0.15, 0.2) is 52.3 Å². The molecule has 0 aromatic heterocycles. The van der Waals surface area contributed by atoms with Crippen molar-refractivity contribution in [3.63, 3.8) is 0 Å². The van der Waals surface area contributed by atoms with E-state index in [0.717, 1.165) is 24.6 Å². The molecule has 2 aliphatic heterocycles. The summed E-state index contributed by atoms with van der Waals surface area (Å²) in [5, 5.41) is 10.8. The Labute approximate surface area is 178 Å². The molecule has 2 N–H and O–H groups in total. The molecular formula is C20H18N4O4S2. The van der Waals surface area contributed by atoms with E-state index in [4.69, 9.17) is 5.26 Å². The highest BCUT2D eigenvalue weighted by Crippen LogP contribution is 2.38. The fraction of sp³-hybridized carbons (Fsp3) is 0.250. The molecule has 0 bridgehead atoms. The maximum absolute atomic E-state index is 12.7. The number of anilines is 2. The largest absolute Gasteiger partial charge is 0.341 e. The molecule has 1 atom stereocenters. The summed E-state index contributed by atoms with van der Waals surface area (Å²) in [4.78, 5) is 27.4. The molecule has 4 rings (SSSR count). The standard InChI is InChI=1S/C20H18N4O4S2/c21-12-13-4-3-5-14(10-13)23-30(27,28)15-6-7-17-16(11-15)22-19(25)18(29-17)20(26)24-8-1-2-9-24/h3-7,10-11,18,23H,1-2,8-9H2,(H,22,25)/t18-/m0/s1. The normalized spacial score (nSPS) is 18.3. The highest BCUT2D eigenvalue weighted by atomic mass is 32.2. The Morgan fingerprint density at radius 1 is 1.20 bits per heavy atom. The number of nitrogens with one attached hydrogen (secondary N) is 2. The van der Waals surface area contributed by atoms with E-state index >= 15 is 0 Å². The molecule has 1 saturated heterocycles. The average Bonchev–Trinajstić information content (AvgIpc) is 3.27. The van der Waals surface area contributed by atoms with E-state index < -0.39 is 21.2 Å². The van der Waals surface area contributed by atoms with E-state index in [0.29, 0.717) is 29.2 Å². The van der Waals surface area contributed by atoms with Gasteiger partial charge in [0.05, 0.1) is 27.9 Å². The highest BCUT2D eigenvalue weighted by molar-refractivity contribution is 8.01. The lowest BCUT2D eigenvalue weighted by Gasteiger charge is -2.27. The lowest BCUT2D eigenvalue weighted by Crippen LogP contribution is -2.43. The van der Waals surface area contributed by atoms with Gasteiger partial charge in [0.1, 0.15) is 0 Å². The summed E-state index contributed by atoms with van der Waals surface area (Å²) in [5.74, 6) is -0.662. The van der Waals surface area contributed by atoms with E-state index in [-0.39, 0.29) is 16.5 Å². The number of carbonyl (C=O) groups excluding carboxylic acids is 2. The summed E-state index contributed by atoms with van der Waals surface area (Å²) in [7, 11) is -3.93. The summed E-state index contributed by atoms with van der Waals surface area (Å²) in [6.07, 6.45) is 1.87. The molecule has 2 aromatic carbocycles. The predicted molar refractivity (Wildman–Crippen MR) is 112 cm³/mol. The quantitative estimate of drug-likeness (QED) is 0.702. The number of hydrogen-bond donors (Lipinski definition) is 2. The number of benzene rings is 2. The number of rotatable bonds is 4. The second kappa shape index (κ2) is 8.01. The first-order valence-corrected chi connectivity index (χ1v) is 11.7. The van der Waals surface area contributed by atoms with Crippen LogP contribution in [0.25, 0.3) is 0 Å². The van der Waals surface area contributed by atoms with Crippen molar-refractivity contribution in [3.05, 3.63) is 48.0 Å². The molecule has 0 aliphatic carbocycles. The molecule has 0 radical (unpaired) electrons. The minimum Gasteiger partial charge on any atom is -0.341 e. The van der Waals surface area contributed by atoms with Gasteiger partial charge in [-0.15, -0.1) is 11.8 Å². The van der Waals surface area contributed by atoms with Crippen molar-refractivity contribution < 1.29 is 18.0 Å². The van der Waals surface area contributed by atoms with Crippen molar-refractivity contribution in [2.45, 2.75) is 27.9 Å². The predicted octanol–water partition coefficient (Wildman–Crippen LogP) is 2.39. The number of carbonyl (C=O) groups is 2. The zero-order chi connectivity index (χ0) is 21.3. The number of amides is 2. The minimum absolute atomic E-state index is 0.0335. The molecular weight excluding hydrogens is 424 g/mol. The van der Waals surface area contributed by atoms with Gasteiger partial charge in [0, 0.05) is 18.0 Å². The van der Waals surface area contributed by atoms with Crippen LogP contribution in [-0.4, -0.2) is 43.5 Å². The first kappa shape index (κ1) is 20.3. The van der Waals surface area contributed by atoms with Crippen molar-refractivity contribution in [2.24, 2.45) is 0 Å². The third-order valence-corrected chi connectivity index (χ3v) is 7.53. The maximum Gasteiger partial charge on any atom is 0.261 e. The van der Waals surface area contributed by atoms with Gasteiger partial charge in [-0.2, -0.15) is 5.26 Å². The topological polar surface area (TPSA) is 119 Å². The lowest BCUT2D eigenvalue weighted by molar-refractivity contribution is -0.133. The maximum atomic E-state index is 12.7. The smallest absolute Gasteiger partial charge is 0.261 e. The first-order valence-electron chi connectivity index (χ1n) is 9.31. The van der Waals surface area contributed by atoms with Crippen molar-refractivity contribution in [1.29, 1.82) is 5.26 Å². The summed E-state index contributed by atoms with van der Waals surface area (Å²) in [6, 6.07) is 12.5. The van der Waals surface area contributed by atoms with Gasteiger partial charge in [-0.3, -0.25) is 14.3 Å². The van der Waals surface area contributed by atoms with E-state index in [9.17, 15) is 18.0 Å². The SMILES string of the molecule is N#Cc1cccc(NS(=O)(=O)c2ccc3c(c2)NC(=O)[C@@H](C(=O)N2CCCC2)S3)c1. The molecule has 0 unspecified atom stereocenters. The molecule has 2 amide bonds. The summed E-state index contributed by atoms with van der Waals surface area (Å²) < 4.78 is 27.9. The van der Waals surface area contributed by atoms with Crippen LogP contribution in [0, 0.1) is 11.3 Å². The summed E-state index contributed by atoms with van der Waals surface area (Å²) in [6.45, 7) is 1.32. The van der Waals surface area contributed by atoms with Crippen LogP contribution in [0.4, 0.5) is 11.4 Å². The van der Waals surface area contributed by atoms with Gasteiger partial charge in [0.2, 0.25) is 11.8 Å². The molecule has 0 spiro atoms. The van der Waals surface area contributed by atoms with Crippen LogP contribution in [-0.2, 0) is 19.6 Å². The second-order valence-corrected chi connectivity index (χ2v) is 9.80. The van der Waals surface area contributed by atoms with Crippen LogP contribution < -0.4 is 10.0 Å². The van der Waals surface area contributed by atoms with Gasteiger partial charge in [-0.1, -0.05) is 6.07 Å². The molecule has 154 valence electrons. The van der Waals surface area contributed by atoms with E-state index in [1.54, 1.807) is 29.2 Å². The Bertz CT molecular complexity index is 1170. The lowest BCUT2D eigenvalue weighted by atomic mass is 10.2. The number of thioether (sulfide) groups is 1. The molecule has 10 heteroatoms. The van der Waals surface area contributed by atoms with Gasteiger partial charge in [0.15, 0.2) is 5.25 Å². The minimum atomic E-state index is -3.93. The molecule has 30 heavy (non-hydrogen) atoms. The number of nitriles is 1. The first-order chi connectivity index (χ1) is 14.4. The Kier molecular flexibility index (Phi) is 5.40. The zero-order valence-electron chi connectivity index (χ0n) is 15.8.